The van der Waals surface area contributed by atoms with Gasteiger partial charge in [0.15, 0.2) is 0 Å². The summed E-state index contributed by atoms with van der Waals surface area (Å²) in [5.41, 5.74) is 8.73. The second kappa shape index (κ2) is 7.82. The van der Waals surface area contributed by atoms with Gasteiger partial charge in [-0.15, -0.1) is 0 Å². The molecule has 0 radical (unpaired) electrons. The van der Waals surface area contributed by atoms with Gasteiger partial charge in [-0.3, -0.25) is 14.4 Å². The van der Waals surface area contributed by atoms with Crippen LogP contribution < -0.4 is 16.0 Å². The quantitative estimate of drug-likeness (QED) is 0.654. The third-order valence-corrected chi connectivity index (χ3v) is 4.01. The van der Waals surface area contributed by atoms with Crippen LogP contribution in [0.25, 0.3) is 0 Å². The fourth-order valence-electron chi connectivity index (χ4n) is 2.72. The molecule has 2 aromatic rings. The fourth-order valence-corrected chi connectivity index (χ4v) is 2.72. The molecule has 6 nitrogen and oxygen atoms in total. The number of imide groups is 1. The van der Waals surface area contributed by atoms with E-state index >= 15 is 0 Å². The predicted molar refractivity (Wildman–Crippen MR) is 103 cm³/mol. The number of para-hydroxylation sites is 1. The van der Waals surface area contributed by atoms with E-state index in [1.165, 1.54) is 13.0 Å². The second-order valence-electron chi connectivity index (χ2n) is 6.40. The summed E-state index contributed by atoms with van der Waals surface area (Å²) in [5.74, 6) is -2.23. The van der Waals surface area contributed by atoms with Gasteiger partial charge in [-0.1, -0.05) is 38.1 Å². The molecule has 0 fully saturated rings. The molecule has 3 amide bonds. The number of aryl methyl sites for hydroxylation is 1. The average molecular weight is 353 g/mol. The van der Waals surface area contributed by atoms with Crippen LogP contribution in [0.1, 0.15) is 37.8 Å². The highest BCUT2D eigenvalue weighted by molar-refractivity contribution is 6.48. The Bertz CT molecular complexity index is 859. The van der Waals surface area contributed by atoms with Crippen LogP contribution in [0.2, 0.25) is 0 Å². The van der Waals surface area contributed by atoms with Gasteiger partial charge >= 0.3 is 11.8 Å². The van der Waals surface area contributed by atoms with E-state index in [1.54, 1.807) is 18.2 Å². The molecule has 0 aromatic heterocycles. The van der Waals surface area contributed by atoms with Crippen molar-refractivity contribution in [2.24, 2.45) is 0 Å². The Labute approximate surface area is 153 Å². The van der Waals surface area contributed by atoms with Gasteiger partial charge in [-0.25, -0.2) is 4.90 Å². The number of nitrogens with two attached hydrogens (primary N) is 1. The third kappa shape index (κ3) is 4.08. The van der Waals surface area contributed by atoms with Crippen LogP contribution in [0.5, 0.6) is 0 Å². The van der Waals surface area contributed by atoms with Gasteiger partial charge in [0.2, 0.25) is 5.91 Å². The van der Waals surface area contributed by atoms with E-state index in [0.29, 0.717) is 11.4 Å². The summed E-state index contributed by atoms with van der Waals surface area (Å²) in [7, 11) is 0. The van der Waals surface area contributed by atoms with Crippen molar-refractivity contribution in [2.75, 3.05) is 16.0 Å². The van der Waals surface area contributed by atoms with Crippen LogP contribution >= 0.6 is 0 Å². The molecule has 0 bridgehead atoms. The highest BCUT2D eigenvalue weighted by atomic mass is 16.2. The minimum absolute atomic E-state index is 0.165. The van der Waals surface area contributed by atoms with Gasteiger partial charge in [0.25, 0.3) is 0 Å². The summed E-state index contributed by atoms with van der Waals surface area (Å²) >= 11 is 0. The molecule has 0 saturated heterocycles. The zero-order valence-corrected chi connectivity index (χ0v) is 15.4. The van der Waals surface area contributed by atoms with Gasteiger partial charge in [0.05, 0.1) is 5.69 Å². The molecular weight excluding hydrogens is 330 g/mol. The van der Waals surface area contributed by atoms with Crippen LogP contribution in [0.3, 0.4) is 0 Å². The zero-order valence-electron chi connectivity index (χ0n) is 15.4. The van der Waals surface area contributed by atoms with E-state index in [-0.39, 0.29) is 11.6 Å². The highest BCUT2D eigenvalue weighted by Gasteiger charge is 2.28. The number of nitrogens with one attached hydrogen (secondary N) is 1. The molecular formula is C20H23N3O3. The SMILES string of the molecule is CC(=O)N(C(=O)C(=O)Nc1c(C)cccc1C(C)C)c1cccc(N)c1. The van der Waals surface area contributed by atoms with Crippen LogP contribution in [0, 0.1) is 6.92 Å². The Morgan fingerprint density at radius 2 is 1.73 bits per heavy atom. The number of nitrogens with zero attached hydrogens (tertiary/aromatic N) is 1. The molecule has 0 unspecified atom stereocenters. The minimum atomic E-state index is -0.957. The maximum absolute atomic E-state index is 12.6. The van der Waals surface area contributed by atoms with Gasteiger partial charge < -0.3 is 11.1 Å². The fraction of sp³-hybridized carbons (Fsp3) is 0.250. The molecule has 136 valence electrons. The van der Waals surface area contributed by atoms with Crippen LogP contribution in [0.4, 0.5) is 17.1 Å². The van der Waals surface area contributed by atoms with Crippen LogP contribution in [0.15, 0.2) is 42.5 Å². The summed E-state index contributed by atoms with van der Waals surface area (Å²) in [6.07, 6.45) is 0. The summed E-state index contributed by atoms with van der Waals surface area (Å²) in [4.78, 5) is 38.0. The Morgan fingerprint density at radius 3 is 2.31 bits per heavy atom. The molecule has 0 aliphatic rings. The number of rotatable bonds is 3. The molecule has 0 aliphatic heterocycles. The van der Waals surface area contributed by atoms with Gasteiger partial charge in [-0.05, 0) is 42.2 Å². The van der Waals surface area contributed by atoms with Crippen LogP contribution in [-0.2, 0) is 14.4 Å². The van der Waals surface area contributed by atoms with E-state index < -0.39 is 17.7 Å². The Morgan fingerprint density at radius 1 is 1.08 bits per heavy atom. The first-order valence-electron chi connectivity index (χ1n) is 8.33. The number of benzene rings is 2. The van der Waals surface area contributed by atoms with Gasteiger partial charge in [-0.2, -0.15) is 0 Å². The number of carbonyl (C=O) groups is 3. The number of hydrogen-bond donors (Lipinski definition) is 2. The maximum Gasteiger partial charge on any atom is 0.323 e. The van der Waals surface area contributed by atoms with E-state index in [0.717, 1.165) is 16.0 Å². The average Bonchev–Trinajstić information content (AvgIpc) is 2.56. The molecule has 6 heteroatoms. The van der Waals surface area contributed by atoms with Crippen molar-refractivity contribution < 1.29 is 14.4 Å². The zero-order chi connectivity index (χ0) is 19.4. The van der Waals surface area contributed by atoms with Crippen molar-refractivity contribution >= 4 is 34.8 Å². The molecule has 0 aliphatic carbocycles. The lowest BCUT2D eigenvalue weighted by molar-refractivity contribution is -0.136. The first kappa shape index (κ1) is 19.2. The van der Waals surface area contributed by atoms with Gasteiger partial charge in [0.1, 0.15) is 0 Å². The number of hydrogen-bond acceptors (Lipinski definition) is 4. The largest absolute Gasteiger partial charge is 0.399 e. The van der Waals surface area contributed by atoms with Crippen molar-refractivity contribution in [3.63, 3.8) is 0 Å². The van der Waals surface area contributed by atoms with E-state index in [2.05, 4.69) is 5.32 Å². The number of carbonyl (C=O) groups excluding carboxylic acids is 3. The molecule has 0 atom stereocenters. The van der Waals surface area contributed by atoms with E-state index in [9.17, 15) is 14.4 Å². The lowest BCUT2D eigenvalue weighted by atomic mass is 9.98. The Hall–Kier alpha value is -3.15. The number of anilines is 3. The summed E-state index contributed by atoms with van der Waals surface area (Å²) in [5, 5.41) is 2.67. The van der Waals surface area contributed by atoms with E-state index in [1.807, 2.05) is 39.0 Å². The number of nitrogen functional groups attached to an aromatic ring is 1. The first-order chi connectivity index (χ1) is 12.2. The molecule has 0 spiro atoms. The third-order valence-electron chi connectivity index (χ3n) is 4.01. The summed E-state index contributed by atoms with van der Waals surface area (Å²) in [6.45, 7) is 7.08. The van der Waals surface area contributed by atoms with E-state index in [4.69, 9.17) is 5.73 Å². The molecule has 2 aromatic carbocycles. The lowest BCUT2D eigenvalue weighted by Gasteiger charge is -2.21. The number of amides is 3. The smallest absolute Gasteiger partial charge is 0.323 e. The highest BCUT2D eigenvalue weighted by Crippen LogP contribution is 2.27. The Balaban J connectivity index is 2.34. The summed E-state index contributed by atoms with van der Waals surface area (Å²) in [6, 6.07) is 11.9. The Kier molecular flexibility index (Phi) is 5.77. The predicted octanol–water partition coefficient (Wildman–Crippen LogP) is 3.22. The molecule has 3 N–H and O–H groups in total. The topological polar surface area (TPSA) is 92.5 Å². The maximum atomic E-state index is 12.6. The normalized spacial score (nSPS) is 10.5. The van der Waals surface area contributed by atoms with Crippen molar-refractivity contribution in [3.8, 4) is 0 Å². The molecule has 0 saturated carbocycles. The van der Waals surface area contributed by atoms with Crippen molar-refractivity contribution in [1.29, 1.82) is 0 Å². The minimum Gasteiger partial charge on any atom is -0.399 e. The first-order valence-corrected chi connectivity index (χ1v) is 8.33. The van der Waals surface area contributed by atoms with Crippen molar-refractivity contribution in [3.05, 3.63) is 53.6 Å². The van der Waals surface area contributed by atoms with Crippen molar-refractivity contribution in [1.82, 2.24) is 0 Å². The lowest BCUT2D eigenvalue weighted by Crippen LogP contribution is -2.43. The molecule has 0 heterocycles. The molecule has 2 rings (SSSR count). The van der Waals surface area contributed by atoms with Crippen LogP contribution in [-0.4, -0.2) is 17.7 Å². The van der Waals surface area contributed by atoms with Crippen molar-refractivity contribution in [2.45, 2.75) is 33.6 Å². The second-order valence-corrected chi connectivity index (χ2v) is 6.40. The monoisotopic (exact) mass is 353 g/mol. The van der Waals surface area contributed by atoms with Gasteiger partial charge in [0, 0.05) is 18.3 Å². The summed E-state index contributed by atoms with van der Waals surface area (Å²) < 4.78 is 0. The standard InChI is InChI=1S/C20H23N3O3/c1-12(2)17-10-5-7-13(3)18(17)22-19(25)20(26)23(14(4)24)16-9-6-8-15(21)11-16/h5-12H,21H2,1-4H3,(H,22,25). The molecule has 26 heavy (non-hydrogen) atoms.